The lowest BCUT2D eigenvalue weighted by atomic mass is 10.0. The Labute approximate surface area is 161 Å². The van der Waals surface area contributed by atoms with Crippen LogP contribution in [0.4, 0.5) is 15.8 Å². The van der Waals surface area contributed by atoms with E-state index in [0.717, 1.165) is 25.1 Å². The minimum Gasteiger partial charge on any atom is -0.362 e. The quantitative estimate of drug-likeness (QED) is 0.553. The first-order valence-electron chi connectivity index (χ1n) is 8.16. The van der Waals surface area contributed by atoms with Gasteiger partial charge in [-0.05, 0) is 54.9 Å². The number of amides is 1. The highest BCUT2D eigenvalue weighted by atomic mass is 35.5. The first-order valence-corrected chi connectivity index (χ1v) is 8.95. The average molecular weight is 393 g/mol. The fraction of sp³-hybridized carbons (Fsp3) is 0.222. The highest BCUT2D eigenvalue weighted by Gasteiger charge is 2.18. The van der Waals surface area contributed by atoms with Gasteiger partial charge in [-0.3, -0.25) is 15.6 Å². The molecule has 136 valence electrons. The van der Waals surface area contributed by atoms with E-state index in [9.17, 15) is 9.18 Å². The Morgan fingerprint density at radius 1 is 1.23 bits per heavy atom. The molecule has 0 aromatic heterocycles. The van der Waals surface area contributed by atoms with Crippen molar-refractivity contribution in [2.75, 3.05) is 23.3 Å². The number of rotatable bonds is 3. The van der Waals surface area contributed by atoms with Crippen LogP contribution in [0.25, 0.3) is 0 Å². The number of hydrazine groups is 1. The van der Waals surface area contributed by atoms with Crippen LogP contribution in [0, 0.1) is 5.82 Å². The van der Waals surface area contributed by atoms with E-state index in [2.05, 4.69) is 22.2 Å². The normalized spacial score (nSPS) is 12.9. The molecular weight excluding hydrogens is 375 g/mol. The van der Waals surface area contributed by atoms with Gasteiger partial charge in [0.25, 0.3) is 5.91 Å². The number of para-hydroxylation sites is 1. The van der Waals surface area contributed by atoms with Gasteiger partial charge in [-0.25, -0.2) is 4.39 Å². The first-order chi connectivity index (χ1) is 12.5. The van der Waals surface area contributed by atoms with Crippen LogP contribution < -0.4 is 21.1 Å². The van der Waals surface area contributed by atoms with Crippen molar-refractivity contribution in [1.29, 1.82) is 0 Å². The number of anilines is 2. The van der Waals surface area contributed by atoms with Gasteiger partial charge in [0.15, 0.2) is 5.11 Å². The molecule has 2 aromatic carbocycles. The van der Waals surface area contributed by atoms with E-state index in [0.29, 0.717) is 5.69 Å². The second kappa shape index (κ2) is 8.33. The number of hydrogen-bond acceptors (Lipinski definition) is 3. The van der Waals surface area contributed by atoms with E-state index >= 15 is 0 Å². The monoisotopic (exact) mass is 392 g/mol. The molecule has 0 unspecified atom stereocenters. The maximum absolute atomic E-state index is 13.1. The number of nitrogens with one attached hydrogen (secondary N) is 3. The van der Waals surface area contributed by atoms with Gasteiger partial charge in [0.1, 0.15) is 5.82 Å². The zero-order valence-corrected chi connectivity index (χ0v) is 15.5. The molecule has 0 bridgehead atoms. The summed E-state index contributed by atoms with van der Waals surface area (Å²) in [4.78, 5) is 14.3. The number of carbonyl (C=O) groups is 1. The fourth-order valence-corrected chi connectivity index (χ4v) is 3.20. The topological polar surface area (TPSA) is 56.4 Å². The predicted molar refractivity (Wildman–Crippen MR) is 106 cm³/mol. The Kier molecular flexibility index (Phi) is 5.90. The Morgan fingerprint density at radius 3 is 2.85 bits per heavy atom. The fourth-order valence-electron chi connectivity index (χ4n) is 2.85. The van der Waals surface area contributed by atoms with Crippen molar-refractivity contribution in [1.82, 2.24) is 10.9 Å². The van der Waals surface area contributed by atoms with Gasteiger partial charge >= 0.3 is 0 Å². The average Bonchev–Trinajstić information content (AvgIpc) is 2.63. The van der Waals surface area contributed by atoms with Crippen LogP contribution in [0.5, 0.6) is 0 Å². The minimum atomic E-state index is -0.508. The van der Waals surface area contributed by atoms with Gasteiger partial charge in [0, 0.05) is 17.9 Å². The van der Waals surface area contributed by atoms with Crippen molar-refractivity contribution in [2.24, 2.45) is 0 Å². The van der Waals surface area contributed by atoms with Crippen molar-refractivity contribution in [3.63, 3.8) is 0 Å². The van der Waals surface area contributed by atoms with Crippen LogP contribution in [0.1, 0.15) is 12.0 Å². The van der Waals surface area contributed by atoms with Crippen LogP contribution >= 0.6 is 23.8 Å². The van der Waals surface area contributed by atoms with Crippen LogP contribution in [-0.4, -0.2) is 24.1 Å². The number of fused-ring (bicyclic) bond motifs is 1. The van der Waals surface area contributed by atoms with Gasteiger partial charge in [0.2, 0.25) is 0 Å². The summed E-state index contributed by atoms with van der Waals surface area (Å²) in [6.07, 6.45) is 2.05. The van der Waals surface area contributed by atoms with Gasteiger partial charge in [-0.15, -0.1) is 0 Å². The second-order valence-corrected chi connectivity index (χ2v) is 6.73. The standard InChI is InChI=1S/C18H18ClFN4OS/c19-14-10-13(7-8-15(14)20)21-18(26)23-22-17(25)11-24-9-3-5-12-4-1-2-6-16(12)24/h1-2,4,6-8,10H,3,5,9,11H2,(H,22,25)(H2,21,23,26). The molecule has 1 heterocycles. The molecule has 1 amide bonds. The summed E-state index contributed by atoms with van der Waals surface area (Å²) in [7, 11) is 0. The number of hydrogen-bond donors (Lipinski definition) is 3. The second-order valence-electron chi connectivity index (χ2n) is 5.91. The summed E-state index contributed by atoms with van der Waals surface area (Å²) in [5.74, 6) is -0.714. The number of nitrogens with zero attached hydrogens (tertiary/aromatic N) is 1. The molecule has 3 N–H and O–H groups in total. The largest absolute Gasteiger partial charge is 0.362 e. The Hall–Kier alpha value is -2.38. The molecular formula is C18H18ClFN4OS. The lowest BCUT2D eigenvalue weighted by Crippen LogP contribution is -2.48. The Bertz CT molecular complexity index is 833. The van der Waals surface area contributed by atoms with Crippen molar-refractivity contribution in [3.8, 4) is 0 Å². The summed E-state index contributed by atoms with van der Waals surface area (Å²) in [6, 6.07) is 12.2. The van der Waals surface area contributed by atoms with Gasteiger partial charge in [0.05, 0.1) is 11.6 Å². The van der Waals surface area contributed by atoms with Gasteiger partial charge in [-0.1, -0.05) is 29.8 Å². The van der Waals surface area contributed by atoms with E-state index < -0.39 is 5.82 Å². The molecule has 26 heavy (non-hydrogen) atoms. The molecule has 0 atom stereocenters. The van der Waals surface area contributed by atoms with Crippen molar-refractivity contribution >= 4 is 46.2 Å². The molecule has 0 radical (unpaired) electrons. The van der Waals surface area contributed by atoms with Crippen molar-refractivity contribution < 1.29 is 9.18 Å². The summed E-state index contributed by atoms with van der Waals surface area (Å²) in [6.45, 7) is 1.07. The summed E-state index contributed by atoms with van der Waals surface area (Å²) >= 11 is 10.8. The molecule has 1 aliphatic rings. The predicted octanol–water partition coefficient (Wildman–Crippen LogP) is 3.25. The summed E-state index contributed by atoms with van der Waals surface area (Å²) in [5, 5.41) is 3.00. The molecule has 0 spiro atoms. The molecule has 0 saturated carbocycles. The molecule has 1 aliphatic heterocycles. The number of carbonyl (C=O) groups excluding carboxylic acids is 1. The van der Waals surface area contributed by atoms with E-state index in [1.165, 1.54) is 23.8 Å². The highest BCUT2D eigenvalue weighted by Crippen LogP contribution is 2.26. The van der Waals surface area contributed by atoms with Crippen LogP contribution in [0.15, 0.2) is 42.5 Å². The van der Waals surface area contributed by atoms with Gasteiger partial charge in [-0.2, -0.15) is 0 Å². The summed E-state index contributed by atoms with van der Waals surface area (Å²) < 4.78 is 13.1. The number of benzene rings is 2. The van der Waals surface area contributed by atoms with E-state index in [4.69, 9.17) is 23.8 Å². The third kappa shape index (κ3) is 4.62. The first kappa shape index (κ1) is 18.4. The van der Waals surface area contributed by atoms with Crippen LogP contribution in [0.3, 0.4) is 0 Å². The lowest BCUT2D eigenvalue weighted by Gasteiger charge is -2.30. The van der Waals surface area contributed by atoms with Crippen molar-refractivity contribution in [2.45, 2.75) is 12.8 Å². The molecule has 3 rings (SSSR count). The smallest absolute Gasteiger partial charge is 0.257 e. The van der Waals surface area contributed by atoms with E-state index in [1.807, 2.05) is 23.1 Å². The highest BCUT2D eigenvalue weighted by molar-refractivity contribution is 7.80. The number of aryl methyl sites for hydroxylation is 1. The number of thiocarbonyl (C=S) groups is 1. The Balaban J connectivity index is 1.50. The van der Waals surface area contributed by atoms with Crippen LogP contribution in [0.2, 0.25) is 5.02 Å². The molecule has 5 nitrogen and oxygen atoms in total. The molecule has 0 fully saturated rings. The molecule has 8 heteroatoms. The van der Waals surface area contributed by atoms with Gasteiger partial charge < -0.3 is 10.2 Å². The molecule has 2 aromatic rings. The number of halogens is 2. The van der Waals surface area contributed by atoms with Crippen LogP contribution in [-0.2, 0) is 11.2 Å². The third-order valence-electron chi connectivity index (χ3n) is 4.03. The third-order valence-corrected chi connectivity index (χ3v) is 4.53. The SMILES string of the molecule is O=C(CN1CCCc2ccccc21)NNC(=S)Nc1ccc(F)c(Cl)c1. The zero-order chi connectivity index (χ0) is 18.5. The Morgan fingerprint density at radius 2 is 2.04 bits per heavy atom. The van der Waals surface area contributed by atoms with E-state index in [-0.39, 0.29) is 22.6 Å². The maximum atomic E-state index is 13.1. The molecule has 0 aliphatic carbocycles. The maximum Gasteiger partial charge on any atom is 0.257 e. The summed E-state index contributed by atoms with van der Waals surface area (Å²) in [5.41, 5.74) is 8.07. The lowest BCUT2D eigenvalue weighted by molar-refractivity contribution is -0.120. The molecule has 0 saturated heterocycles. The van der Waals surface area contributed by atoms with E-state index in [1.54, 1.807) is 0 Å². The minimum absolute atomic E-state index is 0.00870. The van der Waals surface area contributed by atoms with Crippen molar-refractivity contribution in [3.05, 3.63) is 58.9 Å². The zero-order valence-electron chi connectivity index (χ0n) is 13.9.